The number of carbonyl (C=O) groups excluding carboxylic acids is 3. The molecule has 1 aliphatic heterocycles. The van der Waals surface area contributed by atoms with Crippen LogP contribution in [0.1, 0.15) is 16.7 Å². The zero-order valence-corrected chi connectivity index (χ0v) is 19.9. The van der Waals surface area contributed by atoms with Crippen molar-refractivity contribution in [2.24, 2.45) is 0 Å². The number of para-hydroxylation sites is 1. The number of rotatable bonds is 4. The number of fused-ring (bicyclic) bond motifs is 1. The van der Waals surface area contributed by atoms with E-state index < -0.39 is 17.8 Å². The summed E-state index contributed by atoms with van der Waals surface area (Å²) < 4.78 is 2.91. The lowest BCUT2D eigenvalue weighted by Crippen LogP contribution is -2.54. The first-order valence-electron chi connectivity index (χ1n) is 10.7. The van der Waals surface area contributed by atoms with Crippen LogP contribution in [0.2, 0.25) is 0 Å². The topological polar surface area (TPSA) is 71.4 Å². The molecule has 0 atom stereocenters. The van der Waals surface area contributed by atoms with Gasteiger partial charge in [0.2, 0.25) is 0 Å². The Balaban J connectivity index is 1.56. The van der Waals surface area contributed by atoms with Gasteiger partial charge in [0, 0.05) is 33.7 Å². The molecule has 3 aromatic carbocycles. The number of nitrogens with one attached hydrogen (secondary N) is 1. The number of imide groups is 2. The van der Waals surface area contributed by atoms with Crippen LogP contribution in [0, 0.1) is 6.92 Å². The molecule has 0 spiro atoms. The van der Waals surface area contributed by atoms with Crippen LogP contribution < -0.4 is 10.2 Å². The minimum atomic E-state index is -0.767. The van der Waals surface area contributed by atoms with E-state index >= 15 is 0 Å². The van der Waals surface area contributed by atoms with Crippen LogP contribution in [0.25, 0.3) is 17.0 Å². The quantitative estimate of drug-likeness (QED) is 0.292. The van der Waals surface area contributed by atoms with E-state index in [-0.39, 0.29) is 5.57 Å². The van der Waals surface area contributed by atoms with Crippen molar-refractivity contribution >= 4 is 56.4 Å². The molecule has 1 fully saturated rings. The smallest absolute Gasteiger partial charge is 0.335 e. The molecule has 7 heteroatoms. The van der Waals surface area contributed by atoms with Crippen molar-refractivity contribution in [2.75, 3.05) is 4.90 Å². The lowest BCUT2D eigenvalue weighted by molar-refractivity contribution is -0.122. The van der Waals surface area contributed by atoms with Crippen molar-refractivity contribution in [3.8, 4) is 0 Å². The number of barbiturate groups is 1. The Morgan fingerprint density at radius 3 is 2.47 bits per heavy atom. The van der Waals surface area contributed by atoms with Gasteiger partial charge in [0.25, 0.3) is 11.8 Å². The highest BCUT2D eigenvalue weighted by molar-refractivity contribution is 9.10. The van der Waals surface area contributed by atoms with E-state index in [0.29, 0.717) is 12.2 Å². The maximum absolute atomic E-state index is 13.3. The Hall–Kier alpha value is -3.97. The normalized spacial score (nSPS) is 15.3. The number of aromatic nitrogens is 1. The molecule has 0 saturated carbocycles. The zero-order chi connectivity index (χ0) is 23.8. The summed E-state index contributed by atoms with van der Waals surface area (Å²) in [6.07, 6.45) is 3.49. The van der Waals surface area contributed by atoms with Crippen molar-refractivity contribution in [1.29, 1.82) is 0 Å². The summed E-state index contributed by atoms with van der Waals surface area (Å²) in [6.45, 7) is 2.70. The summed E-state index contributed by atoms with van der Waals surface area (Å²) in [4.78, 5) is 39.4. The zero-order valence-electron chi connectivity index (χ0n) is 18.3. The number of halogens is 1. The molecule has 6 nitrogen and oxygen atoms in total. The molecule has 0 aliphatic carbocycles. The van der Waals surface area contributed by atoms with Crippen LogP contribution in [-0.2, 0) is 16.1 Å². The molecule has 4 aromatic rings. The van der Waals surface area contributed by atoms with Gasteiger partial charge >= 0.3 is 6.03 Å². The van der Waals surface area contributed by atoms with Crippen LogP contribution in [0.3, 0.4) is 0 Å². The van der Waals surface area contributed by atoms with Gasteiger partial charge in [-0.25, -0.2) is 9.69 Å². The maximum Gasteiger partial charge on any atom is 0.335 e. The number of hydrogen-bond acceptors (Lipinski definition) is 3. The van der Waals surface area contributed by atoms with E-state index in [9.17, 15) is 14.4 Å². The number of carbonyl (C=O) groups is 3. The highest BCUT2D eigenvalue weighted by Gasteiger charge is 2.37. The molecular formula is C27H20BrN3O3. The number of nitrogens with zero attached hydrogens (tertiary/aromatic N) is 2. The summed E-state index contributed by atoms with van der Waals surface area (Å²) in [5.41, 5.74) is 4.33. The first-order valence-corrected chi connectivity index (χ1v) is 11.5. The maximum atomic E-state index is 13.3. The monoisotopic (exact) mass is 513 g/mol. The third-order valence-corrected chi connectivity index (χ3v) is 6.27. The van der Waals surface area contributed by atoms with E-state index in [0.717, 1.165) is 31.4 Å². The second-order valence-electron chi connectivity index (χ2n) is 8.15. The summed E-state index contributed by atoms with van der Waals surface area (Å²) in [5, 5.41) is 3.20. The van der Waals surface area contributed by atoms with Crippen molar-refractivity contribution in [3.63, 3.8) is 0 Å². The Morgan fingerprint density at radius 2 is 1.71 bits per heavy atom. The van der Waals surface area contributed by atoms with Gasteiger partial charge in [-0.3, -0.25) is 14.9 Å². The minimum Gasteiger partial charge on any atom is -0.342 e. The lowest BCUT2D eigenvalue weighted by Gasteiger charge is -2.26. The molecule has 1 aromatic heterocycles. The predicted octanol–water partition coefficient (Wildman–Crippen LogP) is 5.43. The molecule has 2 heterocycles. The highest BCUT2D eigenvalue weighted by atomic mass is 79.9. The van der Waals surface area contributed by atoms with Gasteiger partial charge in [0.1, 0.15) is 5.57 Å². The Labute approximate surface area is 204 Å². The molecule has 168 valence electrons. The molecule has 34 heavy (non-hydrogen) atoms. The average molecular weight is 514 g/mol. The molecule has 1 N–H and O–H groups in total. The van der Waals surface area contributed by atoms with Crippen molar-refractivity contribution in [2.45, 2.75) is 13.5 Å². The fourth-order valence-electron chi connectivity index (χ4n) is 4.17. The average Bonchev–Trinajstić information content (AvgIpc) is 3.15. The molecule has 5 rings (SSSR count). The van der Waals surface area contributed by atoms with Gasteiger partial charge in [-0.2, -0.15) is 0 Å². The first-order chi connectivity index (χ1) is 16.4. The van der Waals surface area contributed by atoms with Crippen molar-refractivity contribution in [3.05, 3.63) is 106 Å². The summed E-state index contributed by atoms with van der Waals surface area (Å²) in [6, 6.07) is 22.1. The van der Waals surface area contributed by atoms with Crippen LogP contribution in [-0.4, -0.2) is 22.4 Å². The van der Waals surface area contributed by atoms with Gasteiger partial charge in [-0.15, -0.1) is 0 Å². The predicted molar refractivity (Wildman–Crippen MR) is 135 cm³/mol. The number of hydrogen-bond donors (Lipinski definition) is 1. The van der Waals surface area contributed by atoms with Gasteiger partial charge in [0.05, 0.1) is 5.69 Å². The van der Waals surface area contributed by atoms with Gasteiger partial charge < -0.3 is 4.57 Å². The second-order valence-corrected chi connectivity index (χ2v) is 9.07. The number of benzene rings is 3. The fourth-order valence-corrected chi connectivity index (χ4v) is 4.43. The number of amides is 4. The van der Waals surface area contributed by atoms with E-state index in [2.05, 4.69) is 50.9 Å². The Bertz CT molecular complexity index is 1480. The third kappa shape index (κ3) is 4.06. The van der Waals surface area contributed by atoms with E-state index in [1.54, 1.807) is 30.3 Å². The minimum absolute atomic E-state index is 0.0963. The van der Waals surface area contributed by atoms with E-state index in [4.69, 9.17) is 0 Å². The molecule has 4 amide bonds. The standard InChI is InChI=1S/C27H20BrN3O3/c1-17-5-4-6-18(13-17)15-30-16-19(22-7-2-3-8-24(22)30)14-23-25(32)29-27(34)31(26(23)33)21-11-9-20(28)10-12-21/h2-14,16H,15H2,1H3,(H,29,32,34). The molecule has 0 radical (unpaired) electrons. The number of aryl methyl sites for hydroxylation is 1. The number of anilines is 1. The fraction of sp³-hybridized carbons (Fsp3) is 0.0741. The largest absolute Gasteiger partial charge is 0.342 e. The second kappa shape index (κ2) is 8.76. The molecule has 1 saturated heterocycles. The first kappa shape index (κ1) is 21.9. The SMILES string of the molecule is Cc1cccc(Cn2cc(C=C3C(=O)NC(=O)N(c4ccc(Br)cc4)C3=O)c3ccccc32)c1. The van der Waals surface area contributed by atoms with Gasteiger partial charge in [-0.1, -0.05) is 64.0 Å². The van der Waals surface area contributed by atoms with Crippen molar-refractivity contribution in [1.82, 2.24) is 9.88 Å². The van der Waals surface area contributed by atoms with Crippen LogP contribution in [0.15, 0.2) is 89.0 Å². The Kier molecular flexibility index (Phi) is 5.63. The van der Waals surface area contributed by atoms with Crippen LogP contribution in [0.4, 0.5) is 10.5 Å². The van der Waals surface area contributed by atoms with Crippen molar-refractivity contribution < 1.29 is 14.4 Å². The lowest BCUT2D eigenvalue weighted by atomic mass is 10.1. The summed E-state index contributed by atoms with van der Waals surface area (Å²) in [5.74, 6) is -1.37. The molecule has 0 unspecified atom stereocenters. The molecule has 0 bridgehead atoms. The highest BCUT2D eigenvalue weighted by Crippen LogP contribution is 2.28. The van der Waals surface area contributed by atoms with Crippen LogP contribution in [0.5, 0.6) is 0 Å². The molecule has 1 aliphatic rings. The molecular weight excluding hydrogens is 494 g/mol. The third-order valence-electron chi connectivity index (χ3n) is 5.74. The van der Waals surface area contributed by atoms with E-state index in [1.807, 2.05) is 36.5 Å². The summed E-state index contributed by atoms with van der Waals surface area (Å²) in [7, 11) is 0. The van der Waals surface area contributed by atoms with Gasteiger partial charge in [0.15, 0.2) is 0 Å². The number of urea groups is 1. The van der Waals surface area contributed by atoms with E-state index in [1.165, 1.54) is 5.56 Å². The Morgan fingerprint density at radius 1 is 0.941 bits per heavy atom. The van der Waals surface area contributed by atoms with Crippen LogP contribution >= 0.6 is 15.9 Å². The van der Waals surface area contributed by atoms with Gasteiger partial charge in [-0.05, 0) is 48.9 Å². The summed E-state index contributed by atoms with van der Waals surface area (Å²) >= 11 is 3.35.